The first-order valence-corrected chi connectivity index (χ1v) is 9.28. The highest BCUT2D eigenvalue weighted by molar-refractivity contribution is 7.11. The zero-order chi connectivity index (χ0) is 18.7. The first-order chi connectivity index (χ1) is 12.4. The van der Waals surface area contributed by atoms with Gasteiger partial charge in [0.05, 0.1) is 16.9 Å². The predicted molar refractivity (Wildman–Crippen MR) is 106 cm³/mol. The standard InChI is InChI=1S/C17H11Cl3N4OS/c1-10(25)16-23-24(15-7-6-13(19)8-14(15)20)17(26-16)22-21-9-11-2-4-12(18)5-3-11/h2-9H,1H3. The number of rotatable bonds is 4. The van der Waals surface area contributed by atoms with Gasteiger partial charge < -0.3 is 0 Å². The minimum Gasteiger partial charge on any atom is -0.292 e. The molecule has 1 aromatic heterocycles. The van der Waals surface area contributed by atoms with Crippen LogP contribution in [0.4, 0.5) is 0 Å². The van der Waals surface area contributed by atoms with E-state index < -0.39 is 0 Å². The zero-order valence-electron chi connectivity index (χ0n) is 13.4. The van der Waals surface area contributed by atoms with Gasteiger partial charge in [0.1, 0.15) is 0 Å². The van der Waals surface area contributed by atoms with E-state index in [1.165, 1.54) is 11.6 Å². The normalized spacial score (nSPS) is 12.1. The van der Waals surface area contributed by atoms with Gasteiger partial charge >= 0.3 is 0 Å². The summed E-state index contributed by atoms with van der Waals surface area (Å²) in [5, 5.41) is 14.4. The zero-order valence-corrected chi connectivity index (χ0v) is 16.4. The van der Waals surface area contributed by atoms with Crippen molar-refractivity contribution in [1.82, 2.24) is 9.78 Å². The molecule has 1 heterocycles. The topological polar surface area (TPSA) is 59.6 Å². The lowest BCUT2D eigenvalue weighted by Gasteiger charge is -2.03. The fraction of sp³-hybridized carbons (Fsp3) is 0.0588. The second-order valence-corrected chi connectivity index (χ2v) is 7.39. The Morgan fingerprint density at radius 1 is 1.12 bits per heavy atom. The molecule has 26 heavy (non-hydrogen) atoms. The van der Waals surface area contributed by atoms with Gasteiger partial charge in [-0.05, 0) is 35.9 Å². The number of carbonyl (C=O) groups is 1. The molecule has 0 bridgehead atoms. The molecule has 0 atom stereocenters. The van der Waals surface area contributed by atoms with Gasteiger partial charge in [-0.1, -0.05) is 58.3 Å². The maximum Gasteiger partial charge on any atom is 0.233 e. The van der Waals surface area contributed by atoms with E-state index in [0.717, 1.165) is 16.9 Å². The van der Waals surface area contributed by atoms with Crippen molar-refractivity contribution < 1.29 is 4.79 Å². The molecule has 0 aliphatic heterocycles. The average molecular weight is 426 g/mol. The summed E-state index contributed by atoms with van der Waals surface area (Å²) in [5.74, 6) is -0.169. The van der Waals surface area contributed by atoms with Gasteiger partial charge in [0.2, 0.25) is 4.80 Å². The van der Waals surface area contributed by atoms with Gasteiger partial charge in [0, 0.05) is 17.0 Å². The van der Waals surface area contributed by atoms with Crippen LogP contribution in [0.2, 0.25) is 15.1 Å². The second-order valence-electron chi connectivity index (χ2n) is 5.15. The molecule has 0 aliphatic carbocycles. The Hall–Kier alpha value is -1.99. The van der Waals surface area contributed by atoms with E-state index in [0.29, 0.717) is 30.6 Å². The highest BCUT2D eigenvalue weighted by Gasteiger charge is 2.13. The van der Waals surface area contributed by atoms with E-state index in [9.17, 15) is 4.79 Å². The quantitative estimate of drug-likeness (QED) is 0.334. The Kier molecular flexibility index (Phi) is 5.88. The van der Waals surface area contributed by atoms with E-state index in [2.05, 4.69) is 15.3 Å². The lowest BCUT2D eigenvalue weighted by Crippen LogP contribution is -2.14. The number of ketones is 1. The van der Waals surface area contributed by atoms with Crippen molar-refractivity contribution in [3.8, 4) is 5.69 Å². The minimum atomic E-state index is -0.169. The number of hydrogen-bond donors (Lipinski definition) is 0. The number of nitrogens with zero attached hydrogens (tertiary/aromatic N) is 4. The third-order valence-corrected chi connectivity index (χ3v) is 5.01. The highest BCUT2D eigenvalue weighted by Crippen LogP contribution is 2.23. The van der Waals surface area contributed by atoms with Crippen LogP contribution in [0, 0.1) is 0 Å². The number of hydrogen-bond acceptors (Lipinski definition) is 5. The number of Topliss-reactive ketones (excluding diaryl/α,β-unsaturated/α-hetero) is 1. The van der Waals surface area contributed by atoms with Crippen molar-refractivity contribution in [1.29, 1.82) is 0 Å². The molecule has 0 saturated carbocycles. The third-order valence-electron chi connectivity index (χ3n) is 3.22. The second kappa shape index (κ2) is 8.14. The first kappa shape index (κ1) is 18.8. The SMILES string of the molecule is CC(=O)c1nn(-c2ccc(Cl)cc2Cl)c(=NN=Cc2ccc(Cl)cc2)s1. The van der Waals surface area contributed by atoms with Crippen molar-refractivity contribution >= 4 is 58.1 Å². The molecule has 0 fully saturated rings. The van der Waals surface area contributed by atoms with Crippen molar-refractivity contribution in [3.05, 3.63) is 72.9 Å². The molecular weight excluding hydrogens is 415 g/mol. The van der Waals surface area contributed by atoms with Crippen LogP contribution in [0.3, 0.4) is 0 Å². The minimum absolute atomic E-state index is 0.169. The van der Waals surface area contributed by atoms with Crippen LogP contribution in [0.25, 0.3) is 5.69 Å². The Labute approximate surface area is 168 Å². The number of aromatic nitrogens is 2. The summed E-state index contributed by atoms with van der Waals surface area (Å²) in [6, 6.07) is 12.1. The fourth-order valence-corrected chi connectivity index (χ4v) is 3.36. The summed E-state index contributed by atoms with van der Waals surface area (Å²) < 4.78 is 1.47. The average Bonchev–Trinajstić information content (AvgIpc) is 3.01. The molecule has 0 unspecified atom stereocenters. The molecule has 0 N–H and O–H groups in total. The first-order valence-electron chi connectivity index (χ1n) is 7.33. The lowest BCUT2D eigenvalue weighted by molar-refractivity contribution is 0.101. The van der Waals surface area contributed by atoms with Crippen LogP contribution in [0.1, 0.15) is 22.3 Å². The molecule has 0 amide bonds. The van der Waals surface area contributed by atoms with E-state index in [1.807, 2.05) is 12.1 Å². The maximum absolute atomic E-state index is 11.7. The van der Waals surface area contributed by atoms with E-state index in [1.54, 1.807) is 36.5 Å². The molecule has 9 heteroatoms. The van der Waals surface area contributed by atoms with Gasteiger partial charge in [0.25, 0.3) is 0 Å². The molecule has 2 aromatic carbocycles. The van der Waals surface area contributed by atoms with E-state index in [4.69, 9.17) is 34.8 Å². The van der Waals surface area contributed by atoms with Crippen LogP contribution in [-0.2, 0) is 0 Å². The van der Waals surface area contributed by atoms with Crippen molar-refractivity contribution in [2.45, 2.75) is 6.92 Å². The van der Waals surface area contributed by atoms with Gasteiger partial charge in [-0.3, -0.25) is 4.79 Å². The van der Waals surface area contributed by atoms with Crippen LogP contribution in [-0.4, -0.2) is 21.8 Å². The Morgan fingerprint density at radius 3 is 2.46 bits per heavy atom. The predicted octanol–water partition coefficient (Wildman–Crippen LogP) is 5.03. The van der Waals surface area contributed by atoms with Crippen molar-refractivity contribution in [2.75, 3.05) is 0 Å². The van der Waals surface area contributed by atoms with Crippen molar-refractivity contribution in [3.63, 3.8) is 0 Å². The molecule has 5 nitrogen and oxygen atoms in total. The molecule has 0 saturated heterocycles. The Balaban J connectivity index is 2.05. The van der Waals surface area contributed by atoms with Crippen LogP contribution in [0.15, 0.2) is 52.7 Å². The fourth-order valence-electron chi connectivity index (χ4n) is 1.99. The summed E-state index contributed by atoms with van der Waals surface area (Å²) >= 11 is 19.2. The number of carbonyl (C=O) groups excluding carboxylic acids is 1. The molecule has 0 spiro atoms. The van der Waals surface area contributed by atoms with E-state index in [-0.39, 0.29) is 5.78 Å². The Bertz CT molecular complexity index is 1050. The molecule has 0 radical (unpaired) electrons. The van der Waals surface area contributed by atoms with Crippen LogP contribution < -0.4 is 4.80 Å². The molecule has 0 aliphatic rings. The third kappa shape index (κ3) is 4.40. The summed E-state index contributed by atoms with van der Waals surface area (Å²) in [6.45, 7) is 1.44. The monoisotopic (exact) mass is 424 g/mol. The van der Waals surface area contributed by atoms with Crippen molar-refractivity contribution in [2.24, 2.45) is 10.2 Å². The van der Waals surface area contributed by atoms with Gasteiger partial charge in [0.15, 0.2) is 10.8 Å². The highest BCUT2D eigenvalue weighted by atomic mass is 35.5. The van der Waals surface area contributed by atoms with Gasteiger partial charge in [-0.25, -0.2) is 4.68 Å². The van der Waals surface area contributed by atoms with Crippen LogP contribution in [0.5, 0.6) is 0 Å². The van der Waals surface area contributed by atoms with Crippen LogP contribution >= 0.6 is 46.1 Å². The van der Waals surface area contributed by atoms with Gasteiger partial charge in [-0.15, -0.1) is 5.10 Å². The van der Waals surface area contributed by atoms with Gasteiger partial charge in [-0.2, -0.15) is 10.2 Å². The number of benzene rings is 2. The lowest BCUT2D eigenvalue weighted by atomic mass is 10.2. The summed E-state index contributed by atoms with van der Waals surface area (Å²) in [4.78, 5) is 12.1. The molecule has 3 rings (SSSR count). The molecule has 132 valence electrons. The Morgan fingerprint density at radius 2 is 1.81 bits per heavy atom. The maximum atomic E-state index is 11.7. The van der Waals surface area contributed by atoms with E-state index >= 15 is 0 Å². The molecular formula is C17H11Cl3N4OS. The molecule has 3 aromatic rings. The smallest absolute Gasteiger partial charge is 0.233 e. The summed E-state index contributed by atoms with van der Waals surface area (Å²) in [7, 11) is 0. The number of halogens is 3. The largest absolute Gasteiger partial charge is 0.292 e. The summed E-state index contributed by atoms with van der Waals surface area (Å²) in [6.07, 6.45) is 1.58. The summed E-state index contributed by atoms with van der Waals surface area (Å²) in [5.41, 5.74) is 1.39.